The standard InChI is InChI=1S/C15H15BrFNO3/c16-11-6-9(3-4-12(11)17)13(19)18-7-10-2-1-5-15(10,8-18)14(20)21/h3-4,6,10H,1-2,5,7-8H2,(H,20,21)/t10-,15+/m0/s1. The smallest absolute Gasteiger partial charge is 0.311 e. The minimum Gasteiger partial charge on any atom is -0.481 e. The van der Waals surface area contributed by atoms with E-state index in [0.29, 0.717) is 18.5 Å². The number of carbonyl (C=O) groups excluding carboxylic acids is 1. The summed E-state index contributed by atoms with van der Waals surface area (Å²) in [7, 11) is 0. The van der Waals surface area contributed by atoms with Gasteiger partial charge in [-0.2, -0.15) is 0 Å². The van der Waals surface area contributed by atoms with Gasteiger partial charge in [0.2, 0.25) is 0 Å². The Morgan fingerprint density at radius 1 is 1.43 bits per heavy atom. The van der Waals surface area contributed by atoms with E-state index >= 15 is 0 Å². The molecule has 112 valence electrons. The molecular formula is C15H15BrFNO3. The van der Waals surface area contributed by atoms with Crippen LogP contribution in [-0.2, 0) is 4.79 Å². The van der Waals surface area contributed by atoms with Crippen LogP contribution in [0, 0.1) is 17.2 Å². The maximum Gasteiger partial charge on any atom is 0.311 e. The fraction of sp³-hybridized carbons (Fsp3) is 0.467. The van der Waals surface area contributed by atoms with Gasteiger partial charge in [0.25, 0.3) is 5.91 Å². The largest absolute Gasteiger partial charge is 0.481 e. The maximum atomic E-state index is 13.2. The molecule has 2 aliphatic rings. The van der Waals surface area contributed by atoms with Crippen molar-refractivity contribution in [2.75, 3.05) is 13.1 Å². The van der Waals surface area contributed by atoms with Gasteiger partial charge in [-0.05, 0) is 52.9 Å². The zero-order valence-electron chi connectivity index (χ0n) is 11.3. The molecule has 1 saturated carbocycles. The van der Waals surface area contributed by atoms with Gasteiger partial charge in [0, 0.05) is 18.7 Å². The van der Waals surface area contributed by atoms with Crippen molar-refractivity contribution in [3.8, 4) is 0 Å². The van der Waals surface area contributed by atoms with E-state index in [2.05, 4.69) is 15.9 Å². The average molecular weight is 356 g/mol. The first-order chi connectivity index (χ1) is 9.94. The Bertz CT molecular complexity index is 621. The Labute approximate surface area is 130 Å². The van der Waals surface area contributed by atoms with Crippen LogP contribution in [0.15, 0.2) is 22.7 Å². The maximum absolute atomic E-state index is 13.2. The number of hydrogen-bond donors (Lipinski definition) is 1. The number of carboxylic acid groups (broad SMARTS) is 1. The lowest BCUT2D eigenvalue weighted by Gasteiger charge is -2.23. The SMILES string of the molecule is O=C(c1ccc(F)c(Br)c1)N1C[C@@H]2CCC[C@@]2(C(=O)O)C1. The fourth-order valence-electron chi connectivity index (χ4n) is 3.61. The molecule has 21 heavy (non-hydrogen) atoms. The highest BCUT2D eigenvalue weighted by Crippen LogP contribution is 2.49. The van der Waals surface area contributed by atoms with Crippen LogP contribution in [0.3, 0.4) is 0 Å². The number of carboxylic acids is 1. The average Bonchev–Trinajstić information content (AvgIpc) is 2.98. The summed E-state index contributed by atoms with van der Waals surface area (Å²) in [6, 6.07) is 4.12. The highest BCUT2D eigenvalue weighted by molar-refractivity contribution is 9.10. The van der Waals surface area contributed by atoms with Gasteiger partial charge in [0.15, 0.2) is 0 Å². The molecular weight excluding hydrogens is 341 g/mol. The molecule has 0 bridgehead atoms. The summed E-state index contributed by atoms with van der Waals surface area (Å²) in [5.74, 6) is -1.43. The van der Waals surface area contributed by atoms with E-state index in [1.54, 1.807) is 4.90 Å². The first kappa shape index (κ1) is 14.5. The normalized spacial score (nSPS) is 27.7. The summed E-state index contributed by atoms with van der Waals surface area (Å²) in [6.07, 6.45) is 2.38. The Balaban J connectivity index is 1.84. The number of likely N-dealkylation sites (tertiary alicyclic amines) is 1. The topological polar surface area (TPSA) is 57.6 Å². The summed E-state index contributed by atoms with van der Waals surface area (Å²) in [5, 5.41) is 9.53. The van der Waals surface area contributed by atoms with E-state index in [4.69, 9.17) is 0 Å². The monoisotopic (exact) mass is 355 g/mol. The zero-order chi connectivity index (χ0) is 15.2. The quantitative estimate of drug-likeness (QED) is 0.887. The van der Waals surface area contributed by atoms with Crippen LogP contribution in [0.4, 0.5) is 4.39 Å². The molecule has 1 aliphatic heterocycles. The molecule has 2 atom stereocenters. The third-order valence-electron chi connectivity index (χ3n) is 4.75. The van der Waals surface area contributed by atoms with E-state index in [1.165, 1.54) is 18.2 Å². The van der Waals surface area contributed by atoms with Crippen molar-refractivity contribution in [1.82, 2.24) is 4.90 Å². The molecule has 3 rings (SSSR count). The molecule has 1 aromatic carbocycles. The highest BCUT2D eigenvalue weighted by Gasteiger charge is 2.55. The molecule has 4 nitrogen and oxygen atoms in total. The Morgan fingerprint density at radius 3 is 2.81 bits per heavy atom. The summed E-state index contributed by atoms with van der Waals surface area (Å²) in [5.41, 5.74) is -0.406. The van der Waals surface area contributed by atoms with Gasteiger partial charge < -0.3 is 10.0 Å². The molecule has 1 saturated heterocycles. The van der Waals surface area contributed by atoms with Crippen LogP contribution in [-0.4, -0.2) is 35.0 Å². The number of fused-ring (bicyclic) bond motifs is 1. The zero-order valence-corrected chi connectivity index (χ0v) is 12.9. The fourth-order valence-corrected chi connectivity index (χ4v) is 3.98. The third-order valence-corrected chi connectivity index (χ3v) is 5.36. The number of halogens is 2. The third kappa shape index (κ3) is 2.25. The number of amides is 1. The lowest BCUT2D eigenvalue weighted by Crippen LogP contribution is -2.37. The molecule has 0 unspecified atom stereocenters. The number of aliphatic carboxylic acids is 1. The van der Waals surface area contributed by atoms with E-state index in [-0.39, 0.29) is 22.8 Å². The van der Waals surface area contributed by atoms with Gasteiger partial charge in [-0.3, -0.25) is 9.59 Å². The van der Waals surface area contributed by atoms with Crippen LogP contribution in [0.25, 0.3) is 0 Å². The minimum atomic E-state index is -0.805. The molecule has 6 heteroatoms. The number of benzene rings is 1. The van der Waals surface area contributed by atoms with E-state index < -0.39 is 17.2 Å². The second-order valence-corrected chi connectivity index (χ2v) is 6.72. The van der Waals surface area contributed by atoms with E-state index in [1.807, 2.05) is 0 Å². The Hall–Kier alpha value is -1.43. The second kappa shape index (κ2) is 5.09. The lowest BCUT2D eigenvalue weighted by molar-refractivity contribution is -0.149. The molecule has 1 aliphatic carbocycles. The molecule has 0 radical (unpaired) electrons. The van der Waals surface area contributed by atoms with Gasteiger partial charge in [-0.15, -0.1) is 0 Å². The van der Waals surface area contributed by atoms with Gasteiger partial charge in [0.05, 0.1) is 9.89 Å². The molecule has 1 aromatic rings. The summed E-state index contributed by atoms with van der Waals surface area (Å²) >= 11 is 3.07. The van der Waals surface area contributed by atoms with E-state index in [9.17, 15) is 19.1 Å². The lowest BCUT2D eigenvalue weighted by atomic mass is 9.81. The number of hydrogen-bond acceptors (Lipinski definition) is 2. The molecule has 1 heterocycles. The molecule has 0 spiro atoms. The van der Waals surface area contributed by atoms with Gasteiger partial charge >= 0.3 is 5.97 Å². The van der Waals surface area contributed by atoms with Crippen molar-refractivity contribution < 1.29 is 19.1 Å². The van der Waals surface area contributed by atoms with Crippen molar-refractivity contribution in [1.29, 1.82) is 0 Å². The first-order valence-electron chi connectivity index (χ1n) is 6.92. The Kier molecular flexibility index (Phi) is 3.51. The minimum absolute atomic E-state index is 0.0304. The molecule has 0 aromatic heterocycles. The highest BCUT2D eigenvalue weighted by atomic mass is 79.9. The summed E-state index contributed by atoms with van der Waals surface area (Å²) in [6.45, 7) is 0.723. The molecule has 1 N–H and O–H groups in total. The van der Waals surface area contributed by atoms with Crippen LogP contribution >= 0.6 is 15.9 Å². The van der Waals surface area contributed by atoms with Crippen molar-refractivity contribution in [3.05, 3.63) is 34.1 Å². The van der Waals surface area contributed by atoms with Crippen molar-refractivity contribution in [2.24, 2.45) is 11.3 Å². The predicted octanol–water partition coefficient (Wildman–Crippen LogP) is 2.92. The first-order valence-corrected chi connectivity index (χ1v) is 7.71. The number of nitrogens with zero attached hydrogens (tertiary/aromatic N) is 1. The van der Waals surface area contributed by atoms with Crippen molar-refractivity contribution in [2.45, 2.75) is 19.3 Å². The predicted molar refractivity (Wildman–Crippen MR) is 77.4 cm³/mol. The number of rotatable bonds is 2. The van der Waals surface area contributed by atoms with Gasteiger partial charge in [-0.25, -0.2) is 4.39 Å². The van der Waals surface area contributed by atoms with Crippen LogP contribution in [0.1, 0.15) is 29.6 Å². The van der Waals surface area contributed by atoms with Crippen LogP contribution < -0.4 is 0 Å². The van der Waals surface area contributed by atoms with Gasteiger partial charge in [-0.1, -0.05) is 6.42 Å². The van der Waals surface area contributed by atoms with Crippen LogP contribution in [0.5, 0.6) is 0 Å². The molecule has 1 amide bonds. The van der Waals surface area contributed by atoms with Crippen LogP contribution in [0.2, 0.25) is 0 Å². The summed E-state index contributed by atoms with van der Waals surface area (Å²) < 4.78 is 13.5. The summed E-state index contributed by atoms with van der Waals surface area (Å²) in [4.78, 5) is 25.7. The van der Waals surface area contributed by atoms with Crippen molar-refractivity contribution in [3.63, 3.8) is 0 Å². The Morgan fingerprint density at radius 2 is 2.19 bits per heavy atom. The molecule has 2 fully saturated rings. The second-order valence-electron chi connectivity index (χ2n) is 5.87. The van der Waals surface area contributed by atoms with Crippen molar-refractivity contribution >= 4 is 27.8 Å². The number of carbonyl (C=O) groups is 2. The van der Waals surface area contributed by atoms with Gasteiger partial charge in [0.1, 0.15) is 5.82 Å². The van der Waals surface area contributed by atoms with E-state index in [0.717, 1.165) is 12.8 Å².